The van der Waals surface area contributed by atoms with E-state index in [9.17, 15) is 0 Å². The predicted molar refractivity (Wildman–Crippen MR) is 54.1 cm³/mol. The number of rotatable bonds is 5. The summed E-state index contributed by atoms with van der Waals surface area (Å²) in [5, 5.41) is 3.38. The fraction of sp³-hybridized carbons (Fsp3) is 1.00. The van der Waals surface area contributed by atoms with Gasteiger partial charge in [0.25, 0.3) is 0 Å². The average molecular weight is 176 g/mol. The second kappa shape index (κ2) is 5.01. The zero-order valence-electron chi connectivity index (χ0n) is 7.98. The lowest BCUT2D eigenvalue weighted by atomic mass is 10.2. The van der Waals surface area contributed by atoms with Gasteiger partial charge in [0, 0.05) is 23.9 Å². The van der Waals surface area contributed by atoms with Crippen LogP contribution in [-0.4, -0.2) is 30.1 Å². The Kier molecular flexibility index (Phi) is 5.13. The van der Waals surface area contributed by atoms with Crippen LogP contribution in [0.4, 0.5) is 0 Å². The molecule has 1 atom stereocenters. The zero-order valence-corrected chi connectivity index (χ0v) is 8.79. The van der Waals surface area contributed by atoms with Crippen molar-refractivity contribution in [1.29, 1.82) is 0 Å². The van der Waals surface area contributed by atoms with Crippen LogP contribution >= 0.6 is 11.8 Å². The molecule has 1 unspecified atom stereocenters. The van der Waals surface area contributed by atoms with Crippen LogP contribution in [-0.2, 0) is 0 Å². The molecule has 0 aliphatic heterocycles. The summed E-state index contributed by atoms with van der Waals surface area (Å²) < 4.78 is 0.323. The zero-order chi connectivity index (χ0) is 8.91. The molecule has 0 saturated carbocycles. The highest BCUT2D eigenvalue weighted by Gasteiger charge is 2.15. The molecule has 0 aromatic rings. The lowest BCUT2D eigenvalue weighted by molar-refractivity contribution is 0.512. The third-order valence-corrected chi connectivity index (χ3v) is 3.03. The molecule has 0 fully saturated rings. The second-order valence-electron chi connectivity index (χ2n) is 3.48. The Morgan fingerprint density at radius 1 is 1.55 bits per heavy atom. The van der Waals surface area contributed by atoms with E-state index in [4.69, 9.17) is 5.73 Å². The molecule has 0 aliphatic rings. The maximum Gasteiger partial charge on any atom is 0.0225 e. The van der Waals surface area contributed by atoms with Crippen molar-refractivity contribution in [2.45, 2.75) is 31.6 Å². The predicted octanol–water partition coefficient (Wildman–Crippen LogP) is 1.06. The van der Waals surface area contributed by atoms with E-state index in [1.165, 1.54) is 0 Å². The van der Waals surface area contributed by atoms with E-state index in [1.807, 2.05) is 11.8 Å². The van der Waals surface area contributed by atoms with Crippen LogP contribution in [0.3, 0.4) is 0 Å². The third kappa shape index (κ3) is 5.53. The summed E-state index contributed by atoms with van der Waals surface area (Å²) in [5.41, 5.74) is 5.47. The monoisotopic (exact) mass is 176 g/mol. The molecule has 0 aliphatic carbocycles. The van der Waals surface area contributed by atoms with Gasteiger partial charge in [-0.2, -0.15) is 11.8 Å². The fourth-order valence-corrected chi connectivity index (χ4v) is 0.803. The number of nitrogens with one attached hydrogen (secondary N) is 1. The summed E-state index contributed by atoms with van der Waals surface area (Å²) in [6, 6.07) is 0.432. The van der Waals surface area contributed by atoms with Crippen LogP contribution < -0.4 is 11.1 Å². The van der Waals surface area contributed by atoms with Crippen LogP contribution in [0.1, 0.15) is 20.8 Å². The first-order valence-corrected chi connectivity index (χ1v) is 5.23. The molecule has 0 aromatic carbocycles. The largest absolute Gasteiger partial charge is 0.329 e. The molecule has 0 spiro atoms. The van der Waals surface area contributed by atoms with Crippen molar-refractivity contribution in [2.75, 3.05) is 19.3 Å². The first-order chi connectivity index (χ1) is 5.02. The maximum absolute atomic E-state index is 5.47. The van der Waals surface area contributed by atoms with E-state index in [0.717, 1.165) is 6.54 Å². The van der Waals surface area contributed by atoms with E-state index >= 15 is 0 Å². The Bertz CT molecular complexity index is 104. The van der Waals surface area contributed by atoms with Crippen molar-refractivity contribution >= 4 is 11.8 Å². The van der Waals surface area contributed by atoms with Crippen molar-refractivity contribution < 1.29 is 0 Å². The van der Waals surface area contributed by atoms with Crippen LogP contribution in [0, 0.1) is 0 Å². The van der Waals surface area contributed by atoms with Crippen LogP contribution in [0.2, 0.25) is 0 Å². The van der Waals surface area contributed by atoms with Gasteiger partial charge in [-0.3, -0.25) is 0 Å². The van der Waals surface area contributed by atoms with E-state index in [1.54, 1.807) is 0 Å². The molecule has 2 nitrogen and oxygen atoms in total. The minimum atomic E-state index is 0.323. The van der Waals surface area contributed by atoms with Gasteiger partial charge in [-0.05, 0) is 27.0 Å². The highest BCUT2D eigenvalue weighted by atomic mass is 32.2. The van der Waals surface area contributed by atoms with E-state index < -0.39 is 0 Å². The van der Waals surface area contributed by atoms with Crippen molar-refractivity contribution in [3.8, 4) is 0 Å². The Balaban J connectivity index is 3.52. The smallest absolute Gasteiger partial charge is 0.0225 e. The molecule has 3 heteroatoms. The molecule has 0 aromatic heterocycles. The molecule has 11 heavy (non-hydrogen) atoms. The van der Waals surface area contributed by atoms with Crippen molar-refractivity contribution in [1.82, 2.24) is 5.32 Å². The van der Waals surface area contributed by atoms with Gasteiger partial charge in [0.15, 0.2) is 0 Å². The van der Waals surface area contributed by atoms with Gasteiger partial charge in [0.2, 0.25) is 0 Å². The number of hydrogen-bond acceptors (Lipinski definition) is 3. The van der Waals surface area contributed by atoms with Crippen molar-refractivity contribution in [3.05, 3.63) is 0 Å². The summed E-state index contributed by atoms with van der Waals surface area (Å²) in [7, 11) is 0. The molecule has 0 bridgehead atoms. The Morgan fingerprint density at radius 2 is 2.09 bits per heavy atom. The summed E-state index contributed by atoms with van der Waals surface area (Å²) in [4.78, 5) is 0. The molecule has 68 valence electrons. The van der Waals surface area contributed by atoms with Gasteiger partial charge in [-0.25, -0.2) is 0 Å². The highest BCUT2D eigenvalue weighted by Crippen LogP contribution is 2.19. The Morgan fingerprint density at radius 3 is 2.45 bits per heavy atom. The minimum absolute atomic E-state index is 0.323. The summed E-state index contributed by atoms with van der Waals surface area (Å²) in [6.45, 7) is 8.30. The van der Waals surface area contributed by atoms with Gasteiger partial charge in [-0.1, -0.05) is 0 Å². The lowest BCUT2D eigenvalue weighted by Crippen LogP contribution is -2.40. The quantitative estimate of drug-likeness (QED) is 0.658. The van der Waals surface area contributed by atoms with Gasteiger partial charge in [0.1, 0.15) is 0 Å². The highest BCUT2D eigenvalue weighted by molar-refractivity contribution is 7.99. The molecule has 0 radical (unpaired) electrons. The summed E-state index contributed by atoms with van der Waals surface area (Å²) in [6.07, 6.45) is 2.13. The van der Waals surface area contributed by atoms with Crippen LogP contribution in [0.25, 0.3) is 0 Å². The first-order valence-electron chi connectivity index (χ1n) is 4.00. The Hall–Kier alpha value is 0.270. The van der Waals surface area contributed by atoms with Gasteiger partial charge < -0.3 is 11.1 Å². The van der Waals surface area contributed by atoms with E-state index in [2.05, 4.69) is 32.3 Å². The molecule has 0 amide bonds. The number of thioether (sulfide) groups is 1. The molecular weight excluding hydrogens is 156 g/mol. The molecular formula is C8H20N2S. The van der Waals surface area contributed by atoms with Gasteiger partial charge in [-0.15, -0.1) is 0 Å². The molecule has 0 saturated heterocycles. The van der Waals surface area contributed by atoms with Gasteiger partial charge >= 0.3 is 0 Å². The Labute approximate surface area is 74.3 Å². The fourth-order valence-electron chi connectivity index (χ4n) is 0.576. The lowest BCUT2D eigenvalue weighted by Gasteiger charge is -2.24. The summed E-state index contributed by atoms with van der Waals surface area (Å²) in [5.74, 6) is 0. The van der Waals surface area contributed by atoms with Gasteiger partial charge in [0.05, 0.1) is 0 Å². The maximum atomic E-state index is 5.47. The third-order valence-electron chi connectivity index (χ3n) is 1.78. The standard InChI is InChI=1S/C8H20N2S/c1-7(5-9)10-6-8(2,3)11-4/h7,10H,5-6,9H2,1-4H3. The first kappa shape index (κ1) is 11.3. The summed E-state index contributed by atoms with van der Waals surface area (Å²) >= 11 is 1.88. The van der Waals surface area contributed by atoms with Crippen molar-refractivity contribution in [2.24, 2.45) is 5.73 Å². The topological polar surface area (TPSA) is 38.0 Å². The average Bonchev–Trinajstić information content (AvgIpc) is 2.00. The number of nitrogens with two attached hydrogens (primary N) is 1. The molecule has 0 heterocycles. The molecule has 3 N–H and O–H groups in total. The van der Waals surface area contributed by atoms with E-state index in [0.29, 0.717) is 17.3 Å². The molecule has 0 rings (SSSR count). The normalized spacial score (nSPS) is 15.0. The van der Waals surface area contributed by atoms with Crippen LogP contribution in [0.5, 0.6) is 0 Å². The van der Waals surface area contributed by atoms with E-state index in [-0.39, 0.29) is 0 Å². The van der Waals surface area contributed by atoms with Crippen molar-refractivity contribution in [3.63, 3.8) is 0 Å². The number of hydrogen-bond donors (Lipinski definition) is 2. The van der Waals surface area contributed by atoms with Crippen LogP contribution in [0.15, 0.2) is 0 Å². The SMILES string of the molecule is CSC(C)(C)CNC(C)CN. The second-order valence-corrected chi connectivity index (χ2v) is 4.99. The minimum Gasteiger partial charge on any atom is -0.329 e.